The Morgan fingerprint density at radius 2 is 1.52 bits per heavy atom. The second-order valence-corrected chi connectivity index (χ2v) is 7.11. The Morgan fingerprint density at radius 3 is 2.17 bits per heavy atom. The molecular formula is C23H22FN3O2. The number of likely N-dealkylation sites (N-methyl/N-ethyl adjacent to an activating group) is 1. The summed E-state index contributed by atoms with van der Waals surface area (Å²) in [4.78, 5) is 21.1. The lowest BCUT2D eigenvalue weighted by Gasteiger charge is -2.32. The minimum atomic E-state index is -0.299. The zero-order valence-corrected chi connectivity index (χ0v) is 16.2. The van der Waals surface area contributed by atoms with Crippen LogP contribution in [0.15, 0.2) is 66.9 Å². The lowest BCUT2D eigenvalue weighted by Crippen LogP contribution is -2.47. The van der Waals surface area contributed by atoms with Gasteiger partial charge in [0.15, 0.2) is 0 Å². The molecule has 1 saturated heterocycles. The summed E-state index contributed by atoms with van der Waals surface area (Å²) in [5, 5.41) is 0. The fourth-order valence-corrected chi connectivity index (χ4v) is 3.25. The van der Waals surface area contributed by atoms with Gasteiger partial charge < -0.3 is 14.5 Å². The van der Waals surface area contributed by atoms with Gasteiger partial charge in [-0.25, -0.2) is 4.39 Å². The molecule has 2 aromatic carbocycles. The third-order valence-electron chi connectivity index (χ3n) is 5.01. The maximum absolute atomic E-state index is 13.0. The van der Waals surface area contributed by atoms with Crippen LogP contribution in [0.25, 0.3) is 11.1 Å². The molecule has 6 heteroatoms. The van der Waals surface area contributed by atoms with E-state index >= 15 is 0 Å². The van der Waals surface area contributed by atoms with Gasteiger partial charge in [-0.3, -0.25) is 9.78 Å². The standard InChI is InChI=1S/C23H22FN3O2/c1-26-12-14-27(15-13-26)23(28)22-16-18(10-11-25-22)17-2-6-20(7-3-17)29-21-8-4-19(24)5-9-21/h2-11,16H,12-15H2,1H3. The van der Waals surface area contributed by atoms with Crippen molar-refractivity contribution in [2.24, 2.45) is 0 Å². The molecule has 1 amide bonds. The fraction of sp³-hybridized carbons (Fsp3) is 0.217. The summed E-state index contributed by atoms with van der Waals surface area (Å²) in [7, 11) is 2.06. The minimum absolute atomic E-state index is 0.0313. The van der Waals surface area contributed by atoms with Gasteiger partial charge in [0, 0.05) is 32.4 Å². The van der Waals surface area contributed by atoms with E-state index in [1.54, 1.807) is 18.3 Å². The lowest BCUT2D eigenvalue weighted by molar-refractivity contribution is 0.0658. The predicted molar refractivity (Wildman–Crippen MR) is 110 cm³/mol. The smallest absolute Gasteiger partial charge is 0.272 e. The third kappa shape index (κ3) is 4.60. The van der Waals surface area contributed by atoms with Crippen molar-refractivity contribution in [2.75, 3.05) is 33.2 Å². The summed E-state index contributed by atoms with van der Waals surface area (Å²) in [6.45, 7) is 3.19. The molecule has 0 saturated carbocycles. The largest absolute Gasteiger partial charge is 0.457 e. The number of pyridine rings is 1. The summed E-state index contributed by atoms with van der Waals surface area (Å²) in [5.74, 6) is 0.898. The third-order valence-corrected chi connectivity index (χ3v) is 5.01. The van der Waals surface area contributed by atoms with E-state index in [1.807, 2.05) is 41.3 Å². The van der Waals surface area contributed by atoms with Crippen LogP contribution in [0.2, 0.25) is 0 Å². The van der Waals surface area contributed by atoms with Crippen LogP contribution in [-0.2, 0) is 0 Å². The number of ether oxygens (including phenoxy) is 1. The summed E-state index contributed by atoms with van der Waals surface area (Å²) in [6.07, 6.45) is 1.67. The number of rotatable bonds is 4. The molecule has 0 N–H and O–H groups in total. The van der Waals surface area contributed by atoms with Crippen LogP contribution < -0.4 is 4.74 Å². The molecule has 2 heterocycles. The highest BCUT2D eigenvalue weighted by Gasteiger charge is 2.21. The van der Waals surface area contributed by atoms with Gasteiger partial charge in [-0.1, -0.05) is 12.1 Å². The van der Waals surface area contributed by atoms with Crippen molar-refractivity contribution in [2.45, 2.75) is 0 Å². The minimum Gasteiger partial charge on any atom is -0.457 e. The number of benzene rings is 2. The van der Waals surface area contributed by atoms with E-state index < -0.39 is 0 Å². The van der Waals surface area contributed by atoms with Gasteiger partial charge in [-0.05, 0) is 66.7 Å². The van der Waals surface area contributed by atoms with E-state index in [4.69, 9.17) is 4.74 Å². The average molecular weight is 391 g/mol. The van der Waals surface area contributed by atoms with Crippen molar-refractivity contribution in [3.8, 4) is 22.6 Å². The van der Waals surface area contributed by atoms with E-state index in [9.17, 15) is 9.18 Å². The molecule has 4 rings (SSSR count). The van der Waals surface area contributed by atoms with Gasteiger partial charge in [0.2, 0.25) is 0 Å². The summed E-state index contributed by atoms with van der Waals surface area (Å²) in [5.41, 5.74) is 2.34. The highest BCUT2D eigenvalue weighted by molar-refractivity contribution is 5.93. The van der Waals surface area contributed by atoms with Crippen molar-refractivity contribution in [1.29, 1.82) is 0 Å². The molecule has 1 fully saturated rings. The second-order valence-electron chi connectivity index (χ2n) is 7.11. The number of carbonyl (C=O) groups excluding carboxylic acids is 1. The summed E-state index contributed by atoms with van der Waals surface area (Å²) in [6, 6.07) is 17.2. The molecule has 0 spiro atoms. The number of hydrogen-bond acceptors (Lipinski definition) is 4. The first-order chi connectivity index (χ1) is 14.1. The molecule has 3 aromatic rings. The molecule has 0 atom stereocenters. The normalized spacial score (nSPS) is 14.6. The monoisotopic (exact) mass is 391 g/mol. The van der Waals surface area contributed by atoms with Gasteiger partial charge in [0.1, 0.15) is 23.0 Å². The van der Waals surface area contributed by atoms with E-state index in [0.29, 0.717) is 17.2 Å². The molecule has 5 nitrogen and oxygen atoms in total. The number of carbonyl (C=O) groups is 1. The Morgan fingerprint density at radius 1 is 0.897 bits per heavy atom. The Kier molecular flexibility index (Phi) is 5.53. The van der Waals surface area contributed by atoms with Crippen LogP contribution in [0.4, 0.5) is 4.39 Å². The first kappa shape index (κ1) is 19.1. The Hall–Kier alpha value is -3.25. The molecular weight excluding hydrogens is 369 g/mol. The van der Waals surface area contributed by atoms with Crippen molar-refractivity contribution < 1.29 is 13.9 Å². The molecule has 1 aliphatic rings. The van der Waals surface area contributed by atoms with Crippen LogP contribution >= 0.6 is 0 Å². The first-order valence-electron chi connectivity index (χ1n) is 9.56. The SMILES string of the molecule is CN1CCN(C(=O)c2cc(-c3ccc(Oc4ccc(F)cc4)cc3)ccn2)CC1. The number of halogens is 1. The lowest BCUT2D eigenvalue weighted by atomic mass is 10.1. The number of amides is 1. The second kappa shape index (κ2) is 8.41. The van der Waals surface area contributed by atoms with E-state index in [-0.39, 0.29) is 11.7 Å². The van der Waals surface area contributed by atoms with Gasteiger partial charge in [-0.2, -0.15) is 0 Å². The van der Waals surface area contributed by atoms with Gasteiger partial charge in [0.05, 0.1) is 0 Å². The van der Waals surface area contributed by atoms with Crippen LogP contribution in [0.1, 0.15) is 10.5 Å². The summed E-state index contributed by atoms with van der Waals surface area (Å²) >= 11 is 0. The van der Waals surface area contributed by atoms with Gasteiger partial charge in [-0.15, -0.1) is 0 Å². The molecule has 0 radical (unpaired) electrons. The number of hydrogen-bond donors (Lipinski definition) is 0. The Balaban J connectivity index is 1.47. The average Bonchev–Trinajstić information content (AvgIpc) is 2.76. The topological polar surface area (TPSA) is 45.7 Å². The molecule has 1 aliphatic heterocycles. The van der Waals surface area contributed by atoms with Crippen LogP contribution in [-0.4, -0.2) is 53.9 Å². The van der Waals surface area contributed by atoms with Crippen molar-refractivity contribution >= 4 is 5.91 Å². The maximum atomic E-state index is 13.0. The van der Waals surface area contributed by atoms with Crippen LogP contribution in [0.3, 0.4) is 0 Å². The molecule has 0 bridgehead atoms. The molecule has 29 heavy (non-hydrogen) atoms. The van der Waals surface area contributed by atoms with Crippen molar-refractivity contribution in [3.63, 3.8) is 0 Å². The predicted octanol–water partition coefficient (Wildman–Crippen LogP) is 4.07. The number of aromatic nitrogens is 1. The van der Waals surface area contributed by atoms with Gasteiger partial charge >= 0.3 is 0 Å². The highest BCUT2D eigenvalue weighted by atomic mass is 19.1. The number of piperazine rings is 1. The number of nitrogens with zero attached hydrogens (tertiary/aromatic N) is 3. The van der Waals surface area contributed by atoms with Crippen LogP contribution in [0.5, 0.6) is 11.5 Å². The van der Waals surface area contributed by atoms with Crippen LogP contribution in [0, 0.1) is 5.82 Å². The zero-order valence-electron chi connectivity index (χ0n) is 16.2. The summed E-state index contributed by atoms with van der Waals surface area (Å²) < 4.78 is 18.7. The molecule has 0 aliphatic carbocycles. The van der Waals surface area contributed by atoms with E-state index in [2.05, 4.69) is 16.9 Å². The molecule has 0 unspecified atom stereocenters. The quantitative estimate of drug-likeness (QED) is 0.673. The van der Waals surface area contributed by atoms with E-state index in [1.165, 1.54) is 12.1 Å². The Labute approximate surface area is 169 Å². The zero-order chi connectivity index (χ0) is 20.2. The van der Waals surface area contributed by atoms with E-state index in [0.717, 1.165) is 37.3 Å². The highest BCUT2D eigenvalue weighted by Crippen LogP contribution is 2.26. The first-order valence-corrected chi connectivity index (χ1v) is 9.56. The maximum Gasteiger partial charge on any atom is 0.272 e. The molecule has 1 aromatic heterocycles. The van der Waals surface area contributed by atoms with Crippen molar-refractivity contribution in [3.05, 3.63) is 78.4 Å². The fourth-order valence-electron chi connectivity index (χ4n) is 3.25. The van der Waals surface area contributed by atoms with Gasteiger partial charge in [0.25, 0.3) is 5.91 Å². The Bertz CT molecular complexity index is 982. The molecule has 148 valence electrons. The van der Waals surface area contributed by atoms with Crippen molar-refractivity contribution in [1.82, 2.24) is 14.8 Å².